The van der Waals surface area contributed by atoms with E-state index in [0.717, 1.165) is 10.1 Å². The molecule has 0 bridgehead atoms. The minimum atomic E-state index is -0.785. The van der Waals surface area contributed by atoms with Gasteiger partial charge < -0.3 is 10.1 Å². The van der Waals surface area contributed by atoms with Crippen LogP contribution in [0.15, 0.2) is 52.1 Å². The fourth-order valence-electron chi connectivity index (χ4n) is 3.41. The Labute approximate surface area is 178 Å². The van der Waals surface area contributed by atoms with Crippen LogP contribution >= 0.6 is 11.6 Å². The van der Waals surface area contributed by atoms with Gasteiger partial charge in [-0.3, -0.25) is 14.2 Å². The van der Waals surface area contributed by atoms with Crippen molar-refractivity contribution in [2.24, 2.45) is 0 Å². The number of benzene rings is 2. The van der Waals surface area contributed by atoms with Gasteiger partial charge in [-0.2, -0.15) is 0 Å². The smallest absolute Gasteiger partial charge is 0.336 e. The van der Waals surface area contributed by atoms with Crippen molar-refractivity contribution in [1.82, 2.24) is 14.5 Å². The van der Waals surface area contributed by atoms with Crippen LogP contribution in [-0.4, -0.2) is 35.3 Å². The van der Waals surface area contributed by atoms with Crippen molar-refractivity contribution in [3.8, 4) is 5.69 Å². The molecule has 1 atom stereocenters. The molecule has 0 aliphatic rings. The van der Waals surface area contributed by atoms with Crippen molar-refractivity contribution in [2.45, 2.75) is 26.3 Å². The van der Waals surface area contributed by atoms with Gasteiger partial charge in [0.05, 0.1) is 23.2 Å². The van der Waals surface area contributed by atoms with Crippen molar-refractivity contribution < 1.29 is 9.53 Å². The molecular weight excluding hydrogens is 406 g/mol. The van der Waals surface area contributed by atoms with Crippen LogP contribution in [0.1, 0.15) is 24.9 Å². The minimum Gasteiger partial charge on any atom is -0.383 e. The maximum atomic E-state index is 13.5. The summed E-state index contributed by atoms with van der Waals surface area (Å²) in [5, 5.41) is 3.57. The van der Waals surface area contributed by atoms with Crippen LogP contribution in [-0.2, 0) is 9.53 Å². The number of aromatic nitrogens is 2. The lowest BCUT2D eigenvalue weighted by Gasteiger charge is -2.21. The van der Waals surface area contributed by atoms with E-state index in [1.165, 1.54) is 4.57 Å². The average molecular weight is 430 g/mol. The minimum absolute atomic E-state index is 0.311. The number of para-hydroxylation sites is 1. The molecule has 30 heavy (non-hydrogen) atoms. The van der Waals surface area contributed by atoms with E-state index in [0.29, 0.717) is 41.2 Å². The van der Waals surface area contributed by atoms with Gasteiger partial charge in [-0.1, -0.05) is 36.7 Å². The molecule has 0 aliphatic heterocycles. The molecule has 3 aromatic rings. The van der Waals surface area contributed by atoms with E-state index in [2.05, 4.69) is 5.32 Å². The maximum Gasteiger partial charge on any atom is 0.336 e. The Kier molecular flexibility index (Phi) is 6.74. The highest BCUT2D eigenvalue weighted by Gasteiger charge is 2.24. The molecular formula is C22H24ClN3O4. The molecule has 0 radical (unpaired) electrons. The molecule has 0 saturated heterocycles. The van der Waals surface area contributed by atoms with Gasteiger partial charge in [0.1, 0.15) is 6.04 Å². The highest BCUT2D eigenvalue weighted by atomic mass is 35.5. The number of carbonyl (C=O) groups is 1. The van der Waals surface area contributed by atoms with Gasteiger partial charge in [0.15, 0.2) is 0 Å². The maximum absolute atomic E-state index is 13.5. The zero-order valence-corrected chi connectivity index (χ0v) is 17.9. The molecule has 0 saturated carbocycles. The molecule has 0 unspecified atom stereocenters. The predicted octanol–water partition coefficient (Wildman–Crippen LogP) is 2.83. The van der Waals surface area contributed by atoms with Crippen LogP contribution in [0.5, 0.6) is 0 Å². The first kappa shape index (κ1) is 21.8. The number of halogens is 1. The summed E-state index contributed by atoms with van der Waals surface area (Å²) in [6, 6.07) is 11.0. The Morgan fingerprint density at radius 2 is 1.93 bits per heavy atom. The summed E-state index contributed by atoms with van der Waals surface area (Å²) in [6.07, 6.45) is 0.371. The SMILES string of the molecule is CC[C@@H](C(=O)NCCOC)n1c(=O)n(-c2ccc(C)c(Cl)c2)c(=O)c2ccccc21. The second-order valence-electron chi connectivity index (χ2n) is 6.95. The highest BCUT2D eigenvalue weighted by molar-refractivity contribution is 6.31. The molecule has 1 aromatic heterocycles. The topological polar surface area (TPSA) is 82.3 Å². The first-order valence-corrected chi connectivity index (χ1v) is 10.1. The predicted molar refractivity (Wildman–Crippen MR) is 118 cm³/mol. The fraction of sp³-hybridized carbons (Fsp3) is 0.318. The van der Waals surface area contributed by atoms with Crippen LogP contribution in [0, 0.1) is 6.92 Å². The van der Waals surface area contributed by atoms with Gasteiger partial charge in [0.25, 0.3) is 5.56 Å². The molecule has 0 fully saturated rings. The van der Waals surface area contributed by atoms with Gasteiger partial charge in [0.2, 0.25) is 5.91 Å². The van der Waals surface area contributed by atoms with Crippen LogP contribution < -0.4 is 16.6 Å². The van der Waals surface area contributed by atoms with Gasteiger partial charge in [-0.05, 0) is 43.2 Å². The van der Waals surface area contributed by atoms with Gasteiger partial charge in [-0.15, -0.1) is 0 Å². The van der Waals surface area contributed by atoms with E-state index >= 15 is 0 Å². The number of carbonyl (C=O) groups excluding carboxylic acids is 1. The first-order valence-electron chi connectivity index (χ1n) is 9.70. The Balaban J connectivity index is 2.28. The number of rotatable bonds is 7. The summed E-state index contributed by atoms with van der Waals surface area (Å²) < 4.78 is 7.43. The summed E-state index contributed by atoms with van der Waals surface area (Å²) in [6.45, 7) is 4.34. The molecule has 0 spiro atoms. The van der Waals surface area contributed by atoms with E-state index in [-0.39, 0.29) is 5.91 Å². The molecule has 8 heteroatoms. The number of hydrogen-bond acceptors (Lipinski definition) is 4. The lowest BCUT2D eigenvalue weighted by atomic mass is 10.1. The Hall–Kier alpha value is -2.90. The Morgan fingerprint density at radius 3 is 2.60 bits per heavy atom. The van der Waals surface area contributed by atoms with Crippen LogP contribution in [0.3, 0.4) is 0 Å². The van der Waals surface area contributed by atoms with Crippen molar-refractivity contribution in [1.29, 1.82) is 0 Å². The third-order valence-corrected chi connectivity index (χ3v) is 5.42. The molecule has 1 N–H and O–H groups in total. The standard InChI is InChI=1S/C22H24ClN3O4/c1-4-18(20(27)24-11-12-30-3)26-19-8-6-5-7-16(19)21(28)25(22(26)29)15-10-9-14(2)17(23)13-15/h5-10,13,18H,4,11-12H2,1-3H3,(H,24,27)/t18-/m0/s1. The molecule has 2 aromatic carbocycles. The molecule has 0 aliphatic carbocycles. The number of ether oxygens (including phenoxy) is 1. The lowest BCUT2D eigenvalue weighted by Crippen LogP contribution is -2.44. The number of hydrogen-bond donors (Lipinski definition) is 1. The molecule has 3 rings (SSSR count). The van der Waals surface area contributed by atoms with E-state index in [9.17, 15) is 14.4 Å². The third-order valence-electron chi connectivity index (χ3n) is 5.01. The van der Waals surface area contributed by atoms with Crippen molar-refractivity contribution in [2.75, 3.05) is 20.3 Å². The number of nitrogens with zero attached hydrogens (tertiary/aromatic N) is 2. The average Bonchev–Trinajstić information content (AvgIpc) is 2.73. The summed E-state index contributed by atoms with van der Waals surface area (Å²) in [7, 11) is 1.55. The van der Waals surface area contributed by atoms with Crippen LogP contribution in [0.4, 0.5) is 0 Å². The molecule has 1 heterocycles. The summed E-state index contributed by atoms with van der Waals surface area (Å²) in [5.74, 6) is -0.311. The van der Waals surface area contributed by atoms with Crippen LogP contribution in [0.25, 0.3) is 16.6 Å². The number of nitrogens with one attached hydrogen (secondary N) is 1. The van der Waals surface area contributed by atoms with Crippen LogP contribution in [0.2, 0.25) is 5.02 Å². The number of amides is 1. The zero-order valence-electron chi connectivity index (χ0n) is 17.1. The number of fused-ring (bicyclic) bond motifs is 1. The Bertz CT molecular complexity index is 1200. The quantitative estimate of drug-likeness (QED) is 0.585. The van der Waals surface area contributed by atoms with Gasteiger partial charge in [-0.25, -0.2) is 9.36 Å². The molecule has 1 amide bonds. The first-order chi connectivity index (χ1) is 14.4. The summed E-state index contributed by atoms with van der Waals surface area (Å²) in [5.41, 5.74) is 0.553. The highest BCUT2D eigenvalue weighted by Crippen LogP contribution is 2.20. The van der Waals surface area contributed by atoms with E-state index in [1.807, 2.05) is 13.8 Å². The van der Waals surface area contributed by atoms with E-state index < -0.39 is 17.3 Å². The van der Waals surface area contributed by atoms with Crippen molar-refractivity contribution >= 4 is 28.4 Å². The lowest BCUT2D eigenvalue weighted by molar-refractivity contribution is -0.124. The third kappa shape index (κ3) is 4.04. The van der Waals surface area contributed by atoms with E-state index in [1.54, 1.807) is 49.6 Å². The number of aryl methyl sites for hydroxylation is 1. The monoisotopic (exact) mass is 429 g/mol. The van der Waals surface area contributed by atoms with Crippen molar-refractivity contribution in [3.05, 3.63) is 73.9 Å². The normalized spacial score (nSPS) is 12.1. The second-order valence-corrected chi connectivity index (χ2v) is 7.36. The number of methoxy groups -OCH3 is 1. The summed E-state index contributed by atoms with van der Waals surface area (Å²) >= 11 is 6.24. The Morgan fingerprint density at radius 1 is 1.20 bits per heavy atom. The second kappa shape index (κ2) is 9.28. The van der Waals surface area contributed by atoms with Gasteiger partial charge >= 0.3 is 5.69 Å². The largest absolute Gasteiger partial charge is 0.383 e. The van der Waals surface area contributed by atoms with E-state index in [4.69, 9.17) is 16.3 Å². The molecule has 7 nitrogen and oxygen atoms in total. The van der Waals surface area contributed by atoms with Gasteiger partial charge in [0, 0.05) is 18.7 Å². The molecule has 158 valence electrons. The fourth-order valence-corrected chi connectivity index (χ4v) is 3.59. The van der Waals surface area contributed by atoms with Crippen molar-refractivity contribution in [3.63, 3.8) is 0 Å². The zero-order chi connectivity index (χ0) is 21.8. The summed E-state index contributed by atoms with van der Waals surface area (Å²) in [4.78, 5) is 39.5.